The highest BCUT2D eigenvalue weighted by Crippen LogP contribution is 2.26. The minimum Gasteiger partial charge on any atom is -0.334 e. The summed E-state index contributed by atoms with van der Waals surface area (Å²) in [6.07, 6.45) is 2.42. The maximum atomic E-state index is 12.5. The molecule has 0 radical (unpaired) electrons. The van der Waals surface area contributed by atoms with E-state index >= 15 is 0 Å². The van der Waals surface area contributed by atoms with Gasteiger partial charge >= 0.3 is 0 Å². The summed E-state index contributed by atoms with van der Waals surface area (Å²) in [5.41, 5.74) is -0.119. The lowest BCUT2D eigenvalue weighted by Gasteiger charge is -2.24. The van der Waals surface area contributed by atoms with Gasteiger partial charge in [-0.25, -0.2) is 4.98 Å². The Balaban J connectivity index is 1.72. The highest BCUT2D eigenvalue weighted by atomic mass is 16.2. The number of aromatic nitrogens is 3. The van der Waals surface area contributed by atoms with E-state index < -0.39 is 0 Å². The van der Waals surface area contributed by atoms with E-state index in [1.165, 1.54) is 12.8 Å². The van der Waals surface area contributed by atoms with Crippen molar-refractivity contribution in [2.45, 2.75) is 45.1 Å². The van der Waals surface area contributed by atoms with Gasteiger partial charge in [0, 0.05) is 24.5 Å². The highest BCUT2D eigenvalue weighted by molar-refractivity contribution is 5.90. The lowest BCUT2D eigenvalue weighted by atomic mass is 9.94. The Hall–Kier alpha value is -1.43. The third-order valence-corrected chi connectivity index (χ3v) is 4.27. The van der Waals surface area contributed by atoms with Crippen LogP contribution in [0.1, 0.15) is 50.1 Å². The van der Waals surface area contributed by atoms with Gasteiger partial charge in [-0.15, -0.1) is 5.10 Å². The fourth-order valence-corrected chi connectivity index (χ4v) is 3.05. The molecule has 2 fully saturated rings. The van der Waals surface area contributed by atoms with Crippen LogP contribution in [0.25, 0.3) is 0 Å². The van der Waals surface area contributed by atoms with Crippen molar-refractivity contribution in [2.75, 3.05) is 19.6 Å². The van der Waals surface area contributed by atoms with Crippen molar-refractivity contribution >= 4 is 5.91 Å². The number of hydrogen-bond donors (Lipinski definition) is 2. The summed E-state index contributed by atoms with van der Waals surface area (Å²) in [6.45, 7) is 8.83. The highest BCUT2D eigenvalue weighted by Gasteiger charge is 2.37. The monoisotopic (exact) mass is 277 g/mol. The SMILES string of the molecule is CC(C)(C)c1nc(C(=O)N2C[C@@H]3CCCN[C@@H]3C2)n[nH]1. The van der Waals surface area contributed by atoms with Crippen molar-refractivity contribution in [2.24, 2.45) is 5.92 Å². The van der Waals surface area contributed by atoms with Crippen LogP contribution in [-0.2, 0) is 5.41 Å². The molecular weight excluding hydrogens is 254 g/mol. The average Bonchev–Trinajstić information content (AvgIpc) is 3.04. The minimum absolute atomic E-state index is 0.0482. The molecule has 0 bridgehead atoms. The second-order valence-electron chi connectivity index (χ2n) is 6.93. The van der Waals surface area contributed by atoms with Crippen molar-refractivity contribution < 1.29 is 4.79 Å². The van der Waals surface area contributed by atoms with E-state index in [1.54, 1.807) is 0 Å². The van der Waals surface area contributed by atoms with Crippen LogP contribution in [0, 0.1) is 5.92 Å². The standard InChI is InChI=1S/C14H23N5O/c1-14(2,3)13-16-11(17-18-13)12(20)19-7-9-5-4-6-15-10(9)8-19/h9-10,15H,4-8H2,1-3H3,(H,16,17,18)/t9-,10+/m0/s1. The first-order chi connectivity index (χ1) is 9.45. The van der Waals surface area contributed by atoms with Gasteiger partial charge in [-0.1, -0.05) is 20.8 Å². The van der Waals surface area contributed by atoms with Crippen LogP contribution < -0.4 is 5.32 Å². The summed E-state index contributed by atoms with van der Waals surface area (Å²) in [4.78, 5) is 18.7. The third kappa shape index (κ3) is 2.44. The van der Waals surface area contributed by atoms with Gasteiger partial charge < -0.3 is 10.2 Å². The maximum Gasteiger partial charge on any atom is 0.293 e. The quantitative estimate of drug-likeness (QED) is 0.801. The number of likely N-dealkylation sites (tertiary alicyclic amines) is 1. The number of H-pyrrole nitrogens is 1. The molecule has 2 aliphatic heterocycles. The van der Waals surface area contributed by atoms with Crippen LogP contribution in [0.4, 0.5) is 0 Å². The third-order valence-electron chi connectivity index (χ3n) is 4.27. The van der Waals surface area contributed by atoms with Crippen LogP contribution in [0.5, 0.6) is 0 Å². The summed E-state index contributed by atoms with van der Waals surface area (Å²) in [5.74, 6) is 1.60. The minimum atomic E-state index is -0.119. The molecule has 6 nitrogen and oxygen atoms in total. The summed E-state index contributed by atoms with van der Waals surface area (Å²) in [6, 6.07) is 0.453. The molecule has 110 valence electrons. The van der Waals surface area contributed by atoms with Crippen LogP contribution in [-0.4, -0.2) is 51.7 Å². The predicted molar refractivity (Wildman–Crippen MR) is 75.5 cm³/mol. The largest absolute Gasteiger partial charge is 0.334 e. The molecule has 0 aliphatic carbocycles. The summed E-state index contributed by atoms with van der Waals surface area (Å²) in [5, 5.41) is 10.5. The summed E-state index contributed by atoms with van der Waals surface area (Å²) < 4.78 is 0. The molecule has 2 aliphatic rings. The number of rotatable bonds is 1. The number of aromatic amines is 1. The molecular formula is C14H23N5O. The Bertz CT molecular complexity index is 490. The lowest BCUT2D eigenvalue weighted by Crippen LogP contribution is -2.41. The fourth-order valence-electron chi connectivity index (χ4n) is 3.05. The molecule has 0 saturated carbocycles. The number of amides is 1. The Morgan fingerprint density at radius 2 is 2.15 bits per heavy atom. The number of piperidine rings is 1. The van der Waals surface area contributed by atoms with Gasteiger partial charge in [0.15, 0.2) is 0 Å². The lowest BCUT2D eigenvalue weighted by molar-refractivity contribution is 0.0774. The number of carbonyl (C=O) groups is 1. The molecule has 0 spiro atoms. The van der Waals surface area contributed by atoms with E-state index in [4.69, 9.17) is 0 Å². The van der Waals surface area contributed by atoms with Gasteiger partial charge in [0.25, 0.3) is 5.91 Å². The first-order valence-electron chi connectivity index (χ1n) is 7.40. The molecule has 0 aromatic carbocycles. The van der Waals surface area contributed by atoms with E-state index in [-0.39, 0.29) is 11.3 Å². The van der Waals surface area contributed by atoms with Crippen molar-refractivity contribution in [1.82, 2.24) is 25.4 Å². The zero-order valence-electron chi connectivity index (χ0n) is 12.4. The van der Waals surface area contributed by atoms with Gasteiger partial charge in [0.2, 0.25) is 5.82 Å². The number of nitrogens with one attached hydrogen (secondary N) is 2. The van der Waals surface area contributed by atoms with Crippen LogP contribution in [0.3, 0.4) is 0 Å². The van der Waals surface area contributed by atoms with Crippen LogP contribution in [0.2, 0.25) is 0 Å². The second kappa shape index (κ2) is 4.84. The van der Waals surface area contributed by atoms with Crippen LogP contribution in [0.15, 0.2) is 0 Å². The molecule has 1 aromatic heterocycles. The Morgan fingerprint density at radius 3 is 2.80 bits per heavy atom. The second-order valence-corrected chi connectivity index (χ2v) is 6.93. The zero-order chi connectivity index (χ0) is 14.3. The Labute approximate surface area is 119 Å². The van der Waals surface area contributed by atoms with E-state index in [0.29, 0.717) is 17.8 Å². The predicted octanol–water partition coefficient (Wildman–Crippen LogP) is 0.926. The van der Waals surface area contributed by atoms with E-state index in [2.05, 4.69) is 41.3 Å². The molecule has 6 heteroatoms. The van der Waals surface area contributed by atoms with Gasteiger partial charge in [0.05, 0.1) is 0 Å². The smallest absolute Gasteiger partial charge is 0.293 e. The van der Waals surface area contributed by atoms with Gasteiger partial charge in [-0.3, -0.25) is 9.89 Å². The van der Waals surface area contributed by atoms with E-state index in [1.807, 2.05) is 4.90 Å². The topological polar surface area (TPSA) is 73.9 Å². The number of hydrogen-bond acceptors (Lipinski definition) is 4. The number of nitrogens with zero attached hydrogens (tertiary/aromatic N) is 3. The van der Waals surface area contributed by atoms with Gasteiger partial charge in [0.1, 0.15) is 5.82 Å². The number of fused-ring (bicyclic) bond motifs is 1. The van der Waals surface area contributed by atoms with Crippen molar-refractivity contribution in [3.05, 3.63) is 11.6 Å². The van der Waals surface area contributed by atoms with Gasteiger partial charge in [-0.2, -0.15) is 0 Å². The molecule has 0 unspecified atom stereocenters. The van der Waals surface area contributed by atoms with Crippen molar-refractivity contribution in [3.8, 4) is 0 Å². The maximum absolute atomic E-state index is 12.5. The van der Waals surface area contributed by atoms with Crippen LogP contribution >= 0.6 is 0 Å². The summed E-state index contributed by atoms with van der Waals surface area (Å²) >= 11 is 0. The normalized spacial score (nSPS) is 26.6. The number of carbonyl (C=O) groups excluding carboxylic acids is 1. The zero-order valence-corrected chi connectivity index (χ0v) is 12.4. The molecule has 2 N–H and O–H groups in total. The van der Waals surface area contributed by atoms with Crippen molar-refractivity contribution in [1.29, 1.82) is 0 Å². The molecule has 3 heterocycles. The molecule has 1 aromatic rings. The molecule has 1 amide bonds. The Morgan fingerprint density at radius 1 is 1.35 bits per heavy atom. The Kier molecular flexibility index (Phi) is 3.28. The average molecular weight is 277 g/mol. The first-order valence-corrected chi connectivity index (χ1v) is 7.40. The van der Waals surface area contributed by atoms with E-state index in [9.17, 15) is 4.79 Å². The summed E-state index contributed by atoms with van der Waals surface area (Å²) in [7, 11) is 0. The van der Waals surface area contributed by atoms with Crippen molar-refractivity contribution in [3.63, 3.8) is 0 Å². The molecule has 2 saturated heterocycles. The molecule has 20 heavy (non-hydrogen) atoms. The molecule has 2 atom stereocenters. The fraction of sp³-hybridized carbons (Fsp3) is 0.786. The van der Waals surface area contributed by atoms with Gasteiger partial charge in [-0.05, 0) is 25.3 Å². The van der Waals surface area contributed by atoms with E-state index in [0.717, 1.165) is 25.5 Å². The first kappa shape index (κ1) is 13.5. The molecule has 3 rings (SSSR count).